The van der Waals surface area contributed by atoms with E-state index in [1.807, 2.05) is 6.07 Å². The largest absolute Gasteiger partial charge is 0.355 e. The maximum absolute atomic E-state index is 13.6. The van der Waals surface area contributed by atoms with E-state index in [9.17, 15) is 18.4 Å². The van der Waals surface area contributed by atoms with E-state index in [2.05, 4.69) is 20.9 Å². The molecule has 6 nitrogen and oxygen atoms in total. The molecule has 8 heteroatoms. The maximum Gasteiger partial charge on any atom is 0.232 e. The standard InChI is InChI=1S/C25H18F2N4O2/c26-14-1-4-16(5-2-14)29-21-7-8-22(20-13-28-10-9-18(20)21)31-25(33)19-12-24(32)30-23-11-15(27)3-6-17(19)23/h1-11,13,19,29H,12H2,(H,30,32)(H,31,33)/t19-/m1/s1. The van der Waals surface area contributed by atoms with E-state index < -0.39 is 11.7 Å². The number of halogens is 2. The van der Waals surface area contributed by atoms with Gasteiger partial charge in [-0.05, 0) is 60.2 Å². The zero-order valence-electron chi connectivity index (χ0n) is 17.2. The summed E-state index contributed by atoms with van der Waals surface area (Å²) >= 11 is 0. The lowest BCUT2D eigenvalue weighted by Gasteiger charge is -2.25. The predicted molar refractivity (Wildman–Crippen MR) is 122 cm³/mol. The summed E-state index contributed by atoms with van der Waals surface area (Å²) in [5.74, 6) is -2.29. The lowest BCUT2D eigenvalue weighted by Crippen LogP contribution is -2.31. The highest BCUT2D eigenvalue weighted by molar-refractivity contribution is 6.10. The van der Waals surface area contributed by atoms with Crippen LogP contribution in [0.25, 0.3) is 10.8 Å². The number of pyridine rings is 1. The van der Waals surface area contributed by atoms with Crippen LogP contribution in [0.4, 0.5) is 31.5 Å². The number of carbonyl (C=O) groups excluding carboxylic acids is 2. The SMILES string of the molecule is O=C1C[C@@H](C(=O)Nc2ccc(Nc3ccc(F)cc3)c3ccncc23)c2ccc(F)cc2N1. The van der Waals surface area contributed by atoms with Gasteiger partial charge in [0.2, 0.25) is 11.8 Å². The molecule has 2 heterocycles. The zero-order valence-corrected chi connectivity index (χ0v) is 17.2. The third-order valence-corrected chi connectivity index (χ3v) is 5.57. The molecule has 0 aliphatic carbocycles. The van der Waals surface area contributed by atoms with Crippen molar-refractivity contribution in [3.8, 4) is 0 Å². The van der Waals surface area contributed by atoms with Gasteiger partial charge < -0.3 is 16.0 Å². The van der Waals surface area contributed by atoms with Crippen molar-refractivity contribution in [1.82, 2.24) is 4.98 Å². The summed E-state index contributed by atoms with van der Waals surface area (Å²) in [5, 5.41) is 10.3. The van der Waals surface area contributed by atoms with Crippen molar-refractivity contribution in [1.29, 1.82) is 0 Å². The second-order valence-electron chi connectivity index (χ2n) is 7.74. The molecule has 0 saturated heterocycles. The second-order valence-corrected chi connectivity index (χ2v) is 7.74. The van der Waals surface area contributed by atoms with Gasteiger partial charge in [0.1, 0.15) is 11.6 Å². The molecule has 1 atom stereocenters. The molecular formula is C25H18F2N4O2. The molecule has 5 rings (SSSR count). The van der Waals surface area contributed by atoms with E-state index in [0.29, 0.717) is 28.0 Å². The van der Waals surface area contributed by atoms with Crippen LogP contribution in [-0.4, -0.2) is 16.8 Å². The number of aromatic nitrogens is 1. The van der Waals surface area contributed by atoms with Crippen LogP contribution in [0.2, 0.25) is 0 Å². The van der Waals surface area contributed by atoms with E-state index in [0.717, 1.165) is 11.1 Å². The number of hydrogen-bond acceptors (Lipinski definition) is 4. The van der Waals surface area contributed by atoms with Crippen LogP contribution in [0, 0.1) is 11.6 Å². The first-order valence-corrected chi connectivity index (χ1v) is 10.3. The van der Waals surface area contributed by atoms with Gasteiger partial charge in [0.15, 0.2) is 0 Å². The molecule has 2 amide bonds. The number of nitrogens with zero attached hydrogens (tertiary/aromatic N) is 1. The molecule has 0 unspecified atom stereocenters. The summed E-state index contributed by atoms with van der Waals surface area (Å²) < 4.78 is 26.8. The van der Waals surface area contributed by atoms with E-state index in [1.54, 1.807) is 36.7 Å². The number of carbonyl (C=O) groups is 2. The summed E-state index contributed by atoms with van der Waals surface area (Å²) in [4.78, 5) is 29.4. The first kappa shape index (κ1) is 20.6. The van der Waals surface area contributed by atoms with Gasteiger partial charge in [-0.1, -0.05) is 6.07 Å². The third kappa shape index (κ3) is 4.10. The van der Waals surface area contributed by atoms with E-state index in [4.69, 9.17) is 0 Å². The highest BCUT2D eigenvalue weighted by Gasteiger charge is 2.31. The average molecular weight is 444 g/mol. The number of anilines is 4. The zero-order chi connectivity index (χ0) is 22.9. The molecule has 1 aromatic heterocycles. The molecule has 3 N–H and O–H groups in total. The van der Waals surface area contributed by atoms with Crippen LogP contribution in [0.15, 0.2) is 73.1 Å². The fourth-order valence-corrected chi connectivity index (χ4v) is 3.99. The second kappa shape index (κ2) is 8.31. The van der Waals surface area contributed by atoms with Crippen LogP contribution >= 0.6 is 0 Å². The molecule has 1 aliphatic heterocycles. The first-order chi connectivity index (χ1) is 16.0. The summed E-state index contributed by atoms with van der Waals surface area (Å²) in [6.07, 6.45) is 3.24. The smallest absolute Gasteiger partial charge is 0.232 e. The highest BCUT2D eigenvalue weighted by Crippen LogP contribution is 2.36. The number of hydrogen-bond donors (Lipinski definition) is 3. The summed E-state index contributed by atoms with van der Waals surface area (Å²) in [6.45, 7) is 0. The lowest BCUT2D eigenvalue weighted by molar-refractivity contribution is -0.123. The number of benzene rings is 3. The Bertz CT molecular complexity index is 1390. The van der Waals surface area contributed by atoms with Gasteiger partial charge in [0, 0.05) is 46.6 Å². The summed E-state index contributed by atoms with van der Waals surface area (Å²) in [6, 6.07) is 15.3. The number of rotatable bonds is 4. The van der Waals surface area contributed by atoms with Gasteiger partial charge >= 0.3 is 0 Å². The highest BCUT2D eigenvalue weighted by atomic mass is 19.1. The van der Waals surface area contributed by atoms with Gasteiger partial charge in [0.05, 0.1) is 11.6 Å². The maximum atomic E-state index is 13.6. The average Bonchev–Trinajstić information content (AvgIpc) is 2.81. The Morgan fingerprint density at radius 3 is 2.52 bits per heavy atom. The fourth-order valence-electron chi connectivity index (χ4n) is 3.99. The molecule has 0 fully saturated rings. The Morgan fingerprint density at radius 1 is 0.939 bits per heavy atom. The minimum absolute atomic E-state index is 0.0369. The Balaban J connectivity index is 1.46. The normalized spacial score (nSPS) is 15.0. The van der Waals surface area contributed by atoms with Gasteiger partial charge in [-0.15, -0.1) is 0 Å². The van der Waals surface area contributed by atoms with Crippen LogP contribution in [0.5, 0.6) is 0 Å². The van der Waals surface area contributed by atoms with Gasteiger partial charge in [-0.2, -0.15) is 0 Å². The van der Waals surface area contributed by atoms with E-state index in [-0.39, 0.29) is 24.1 Å². The van der Waals surface area contributed by atoms with Crippen molar-refractivity contribution in [2.75, 3.05) is 16.0 Å². The Hall–Kier alpha value is -4.33. The minimum Gasteiger partial charge on any atom is -0.355 e. The molecule has 0 spiro atoms. The van der Waals surface area contributed by atoms with Crippen LogP contribution in [0.1, 0.15) is 17.9 Å². The quantitative estimate of drug-likeness (QED) is 0.398. The van der Waals surface area contributed by atoms with Crippen molar-refractivity contribution in [3.05, 3.63) is 90.3 Å². The van der Waals surface area contributed by atoms with Crippen LogP contribution in [-0.2, 0) is 9.59 Å². The molecule has 1 aliphatic rings. The fraction of sp³-hybridized carbons (Fsp3) is 0.0800. The van der Waals surface area contributed by atoms with E-state index >= 15 is 0 Å². The number of fused-ring (bicyclic) bond motifs is 2. The van der Waals surface area contributed by atoms with Crippen LogP contribution < -0.4 is 16.0 Å². The summed E-state index contributed by atoms with van der Waals surface area (Å²) in [5.41, 5.74) is 2.86. The molecule has 0 radical (unpaired) electrons. The van der Waals surface area contributed by atoms with Gasteiger partial charge in [0.25, 0.3) is 0 Å². The molecule has 164 valence electrons. The molecule has 4 aromatic rings. The van der Waals surface area contributed by atoms with Crippen molar-refractivity contribution < 1.29 is 18.4 Å². The Labute approximate surface area is 187 Å². The van der Waals surface area contributed by atoms with Crippen molar-refractivity contribution >= 4 is 45.3 Å². The van der Waals surface area contributed by atoms with Gasteiger partial charge in [-0.3, -0.25) is 14.6 Å². The minimum atomic E-state index is -0.752. The Kier molecular flexibility index (Phi) is 5.18. The topological polar surface area (TPSA) is 83.1 Å². The molecule has 33 heavy (non-hydrogen) atoms. The van der Waals surface area contributed by atoms with Crippen molar-refractivity contribution in [3.63, 3.8) is 0 Å². The monoisotopic (exact) mass is 444 g/mol. The predicted octanol–water partition coefficient (Wildman–Crippen LogP) is 5.32. The van der Waals surface area contributed by atoms with E-state index in [1.165, 1.54) is 30.3 Å². The summed E-state index contributed by atoms with van der Waals surface area (Å²) in [7, 11) is 0. The van der Waals surface area contributed by atoms with Gasteiger partial charge in [-0.25, -0.2) is 8.78 Å². The first-order valence-electron chi connectivity index (χ1n) is 10.3. The molecule has 0 saturated carbocycles. The number of amides is 2. The Morgan fingerprint density at radius 2 is 1.70 bits per heavy atom. The molecular weight excluding hydrogens is 426 g/mol. The van der Waals surface area contributed by atoms with Crippen molar-refractivity contribution in [2.45, 2.75) is 12.3 Å². The lowest BCUT2D eigenvalue weighted by atomic mass is 9.89. The van der Waals surface area contributed by atoms with Crippen LogP contribution in [0.3, 0.4) is 0 Å². The molecule has 0 bridgehead atoms. The van der Waals surface area contributed by atoms with Crippen molar-refractivity contribution in [2.24, 2.45) is 0 Å². The number of nitrogens with one attached hydrogen (secondary N) is 3. The third-order valence-electron chi connectivity index (χ3n) is 5.57. The molecule has 3 aromatic carbocycles.